The summed E-state index contributed by atoms with van der Waals surface area (Å²) in [7, 11) is 0. The second-order valence-corrected chi connectivity index (χ2v) is 4.76. The Morgan fingerprint density at radius 1 is 1.14 bits per heavy atom. The van der Waals surface area contributed by atoms with Crippen molar-refractivity contribution in [2.24, 2.45) is 0 Å². The monoisotopic (exact) mass is 294 g/mol. The van der Waals surface area contributed by atoms with Crippen LogP contribution >= 0.6 is 0 Å². The number of aromatic nitrogens is 5. The largest absolute Gasteiger partial charge is 0.309 e. The molecule has 22 heavy (non-hydrogen) atoms. The maximum Gasteiger partial charge on any atom is 0.255 e. The van der Waals surface area contributed by atoms with Gasteiger partial charge in [-0.15, -0.1) is 5.10 Å². The summed E-state index contributed by atoms with van der Waals surface area (Å²) in [6.45, 7) is 1.87. The first-order chi connectivity index (χ1) is 10.7. The first-order valence-corrected chi connectivity index (χ1v) is 6.76. The molecule has 3 rings (SSSR count). The van der Waals surface area contributed by atoms with Crippen LogP contribution in [0, 0.1) is 6.92 Å². The van der Waals surface area contributed by atoms with Crippen molar-refractivity contribution in [3.05, 3.63) is 66.1 Å². The predicted molar refractivity (Wildman–Crippen MR) is 80.0 cm³/mol. The van der Waals surface area contributed by atoms with Crippen LogP contribution in [-0.4, -0.2) is 31.1 Å². The van der Waals surface area contributed by atoms with Crippen LogP contribution in [0.1, 0.15) is 17.3 Å². The molecule has 0 aliphatic rings. The lowest BCUT2D eigenvalue weighted by molar-refractivity contribution is -0.118. The van der Waals surface area contributed by atoms with Crippen LogP contribution in [0.3, 0.4) is 0 Å². The third-order valence-corrected chi connectivity index (χ3v) is 3.13. The van der Waals surface area contributed by atoms with E-state index in [1.807, 2.05) is 49.4 Å². The highest BCUT2D eigenvalue weighted by atomic mass is 16.2. The van der Waals surface area contributed by atoms with Crippen molar-refractivity contribution in [3.8, 4) is 0 Å². The van der Waals surface area contributed by atoms with Gasteiger partial charge in [-0.05, 0) is 35.0 Å². The molecule has 0 bridgehead atoms. The number of amides is 1. The molecule has 0 spiro atoms. The van der Waals surface area contributed by atoms with E-state index in [0.29, 0.717) is 5.82 Å². The van der Waals surface area contributed by atoms with Crippen LogP contribution in [0.25, 0.3) is 0 Å². The lowest BCUT2D eigenvalue weighted by Crippen LogP contribution is -2.28. The fourth-order valence-corrected chi connectivity index (χ4v) is 2.15. The van der Waals surface area contributed by atoms with Gasteiger partial charge < -0.3 is 5.32 Å². The summed E-state index contributed by atoms with van der Waals surface area (Å²) < 4.78 is 1.42. The molecule has 0 saturated heterocycles. The highest BCUT2D eigenvalue weighted by molar-refractivity contribution is 5.94. The van der Waals surface area contributed by atoms with Crippen LogP contribution in [0.15, 0.2) is 54.9 Å². The first-order valence-electron chi connectivity index (χ1n) is 6.76. The third-order valence-electron chi connectivity index (χ3n) is 3.13. The zero-order valence-electron chi connectivity index (χ0n) is 11.9. The molecule has 0 aliphatic heterocycles. The zero-order valence-corrected chi connectivity index (χ0v) is 11.9. The summed E-state index contributed by atoms with van der Waals surface area (Å²) in [6, 6.07) is 14.1. The van der Waals surface area contributed by atoms with Gasteiger partial charge in [0.1, 0.15) is 12.1 Å². The van der Waals surface area contributed by atoms with E-state index in [1.54, 1.807) is 6.07 Å². The van der Waals surface area contributed by atoms with Gasteiger partial charge in [-0.3, -0.25) is 4.79 Å². The van der Waals surface area contributed by atoms with Gasteiger partial charge in [0.25, 0.3) is 5.91 Å². The number of carbonyl (C=O) groups excluding carboxylic acids is 1. The van der Waals surface area contributed by atoms with E-state index >= 15 is 0 Å². The molecule has 0 aliphatic carbocycles. The van der Waals surface area contributed by atoms with Gasteiger partial charge in [0.2, 0.25) is 0 Å². The smallest absolute Gasteiger partial charge is 0.255 e. The van der Waals surface area contributed by atoms with E-state index < -0.39 is 6.04 Å². The van der Waals surface area contributed by atoms with E-state index in [-0.39, 0.29) is 5.91 Å². The van der Waals surface area contributed by atoms with E-state index in [0.717, 1.165) is 11.3 Å². The Hall–Kier alpha value is -3.09. The molecule has 1 amide bonds. The number of hydrogen-bond donors (Lipinski definition) is 1. The van der Waals surface area contributed by atoms with Crippen molar-refractivity contribution in [1.29, 1.82) is 0 Å². The number of nitrogens with one attached hydrogen (secondary N) is 1. The highest BCUT2D eigenvalue weighted by Crippen LogP contribution is 2.18. The third kappa shape index (κ3) is 2.98. The van der Waals surface area contributed by atoms with E-state index in [9.17, 15) is 4.79 Å². The fourth-order valence-electron chi connectivity index (χ4n) is 2.15. The second kappa shape index (κ2) is 6.13. The van der Waals surface area contributed by atoms with Crippen molar-refractivity contribution < 1.29 is 4.79 Å². The Labute approximate surface area is 127 Å². The summed E-state index contributed by atoms with van der Waals surface area (Å²) in [5.74, 6) is 0.246. The standard InChI is InChI=1S/C15H14N6O/c1-11-6-5-9-13(17-11)18-15(22)14(21-10-16-19-20-21)12-7-3-2-4-8-12/h2-10,14H,1H3,(H,17,18,22)/t14-/m0/s1. The number of rotatable bonds is 4. The van der Waals surface area contributed by atoms with Gasteiger partial charge in [0, 0.05) is 5.69 Å². The molecule has 2 heterocycles. The lowest BCUT2D eigenvalue weighted by atomic mass is 10.1. The molecule has 1 N–H and O–H groups in total. The van der Waals surface area contributed by atoms with Crippen LogP contribution in [0.5, 0.6) is 0 Å². The first kappa shape index (κ1) is 13.9. The van der Waals surface area contributed by atoms with Gasteiger partial charge in [-0.25, -0.2) is 9.67 Å². The summed E-state index contributed by atoms with van der Waals surface area (Å²) in [5.41, 5.74) is 1.62. The number of benzene rings is 1. The minimum Gasteiger partial charge on any atom is -0.309 e. The summed E-state index contributed by atoms with van der Waals surface area (Å²) in [6.07, 6.45) is 1.42. The molecule has 7 heteroatoms. The van der Waals surface area contributed by atoms with Crippen molar-refractivity contribution in [2.45, 2.75) is 13.0 Å². The minimum atomic E-state index is -0.654. The molecule has 2 aromatic heterocycles. The molecule has 3 aromatic rings. The van der Waals surface area contributed by atoms with E-state index in [4.69, 9.17) is 0 Å². The average molecular weight is 294 g/mol. The lowest BCUT2D eigenvalue weighted by Gasteiger charge is -2.16. The molecule has 0 saturated carbocycles. The molecule has 0 fully saturated rings. The van der Waals surface area contributed by atoms with Gasteiger partial charge in [-0.2, -0.15) is 0 Å². The van der Waals surface area contributed by atoms with Crippen LogP contribution in [0.4, 0.5) is 5.82 Å². The number of tetrazole rings is 1. The number of nitrogens with zero attached hydrogens (tertiary/aromatic N) is 5. The van der Waals surface area contributed by atoms with Crippen molar-refractivity contribution in [2.75, 3.05) is 5.32 Å². The molecule has 0 radical (unpaired) electrons. The maximum absolute atomic E-state index is 12.7. The Balaban J connectivity index is 1.91. The summed E-state index contributed by atoms with van der Waals surface area (Å²) >= 11 is 0. The predicted octanol–water partition coefficient (Wildman–Crippen LogP) is 1.60. The number of hydrogen-bond acceptors (Lipinski definition) is 5. The van der Waals surface area contributed by atoms with Crippen LogP contribution in [0.2, 0.25) is 0 Å². The number of aryl methyl sites for hydroxylation is 1. The average Bonchev–Trinajstić information content (AvgIpc) is 3.02. The van der Waals surface area contributed by atoms with Crippen LogP contribution < -0.4 is 5.32 Å². The van der Waals surface area contributed by atoms with Crippen molar-refractivity contribution >= 4 is 11.7 Å². The van der Waals surface area contributed by atoms with Crippen molar-refractivity contribution in [3.63, 3.8) is 0 Å². The van der Waals surface area contributed by atoms with E-state index in [2.05, 4.69) is 25.8 Å². The molecule has 110 valence electrons. The number of anilines is 1. The zero-order chi connectivity index (χ0) is 15.4. The molecule has 1 aromatic carbocycles. The summed E-state index contributed by atoms with van der Waals surface area (Å²) in [5, 5.41) is 13.9. The Bertz CT molecular complexity index is 757. The Morgan fingerprint density at radius 3 is 2.64 bits per heavy atom. The SMILES string of the molecule is Cc1cccc(NC(=O)[C@H](c2ccccc2)n2cnnn2)n1. The summed E-state index contributed by atoms with van der Waals surface area (Å²) in [4.78, 5) is 16.9. The van der Waals surface area contributed by atoms with E-state index in [1.165, 1.54) is 11.0 Å². The quantitative estimate of drug-likeness (QED) is 0.790. The highest BCUT2D eigenvalue weighted by Gasteiger charge is 2.24. The minimum absolute atomic E-state index is 0.253. The van der Waals surface area contributed by atoms with Gasteiger partial charge in [0.15, 0.2) is 6.04 Å². The Kier molecular flexibility index (Phi) is 3.86. The van der Waals surface area contributed by atoms with Gasteiger partial charge in [-0.1, -0.05) is 36.4 Å². The second-order valence-electron chi connectivity index (χ2n) is 4.76. The molecular formula is C15H14N6O. The fraction of sp³-hybridized carbons (Fsp3) is 0.133. The molecular weight excluding hydrogens is 280 g/mol. The number of carbonyl (C=O) groups is 1. The van der Waals surface area contributed by atoms with Crippen molar-refractivity contribution in [1.82, 2.24) is 25.2 Å². The Morgan fingerprint density at radius 2 is 1.95 bits per heavy atom. The molecule has 0 unspecified atom stereocenters. The number of pyridine rings is 1. The molecule has 7 nitrogen and oxygen atoms in total. The van der Waals surface area contributed by atoms with Gasteiger partial charge >= 0.3 is 0 Å². The normalized spacial score (nSPS) is 11.9. The maximum atomic E-state index is 12.7. The van der Waals surface area contributed by atoms with Gasteiger partial charge in [0.05, 0.1) is 0 Å². The van der Waals surface area contributed by atoms with Crippen LogP contribution in [-0.2, 0) is 4.79 Å². The molecule has 1 atom stereocenters. The topological polar surface area (TPSA) is 85.6 Å².